The number of rotatable bonds is 1. The topological polar surface area (TPSA) is 47.6 Å². The number of anilines is 3. The molecule has 7 aromatic carbocycles. The third-order valence-electron chi connectivity index (χ3n) is 14.6. The van der Waals surface area contributed by atoms with Gasteiger partial charge in [-0.25, -0.2) is 0 Å². The molecule has 282 valence electrons. The Morgan fingerprint density at radius 1 is 0.559 bits per heavy atom. The number of furan rings is 3. The minimum atomic E-state index is -0.231. The van der Waals surface area contributed by atoms with Gasteiger partial charge >= 0.3 is 6.85 Å². The monoisotopic (exact) mass is 762 g/mol. The van der Waals surface area contributed by atoms with Crippen LogP contribution in [0.3, 0.4) is 0 Å². The number of aryl methyl sites for hydroxylation is 1. The standard InChI is InChI=1S/C53H39BN2O3/c1-28-25-36-37(53(4,5)24-23-52(36,2)3)27-39(28)55-40-26-35-30-14-7-10-19-42(30)57-49(35)45-34-17-12-16-33-44-32-15-8-11-20-43(32)59-51(44)56(47(33)34)54(46(40)45)38-22-21-31-29-13-6-9-18-41(29)58-50(31)48(38)55/h6-22,25-27H,23-24H2,1-5H3. The van der Waals surface area contributed by atoms with E-state index in [1.807, 2.05) is 0 Å². The molecule has 1 aliphatic carbocycles. The first-order chi connectivity index (χ1) is 28.7. The van der Waals surface area contributed by atoms with Gasteiger partial charge in [0.25, 0.3) is 0 Å². The maximum atomic E-state index is 7.09. The molecule has 6 heterocycles. The van der Waals surface area contributed by atoms with Crippen LogP contribution in [-0.4, -0.2) is 11.3 Å². The maximum absolute atomic E-state index is 7.09. The summed E-state index contributed by atoms with van der Waals surface area (Å²) < 4.78 is 23.6. The van der Waals surface area contributed by atoms with Gasteiger partial charge in [0.15, 0.2) is 11.3 Å². The van der Waals surface area contributed by atoms with E-state index in [-0.39, 0.29) is 17.7 Å². The Labute approximate surface area is 340 Å². The van der Waals surface area contributed by atoms with Gasteiger partial charge in [-0.05, 0) is 88.5 Å². The van der Waals surface area contributed by atoms with E-state index >= 15 is 0 Å². The minimum absolute atomic E-state index is 0.0204. The normalized spacial score (nSPS) is 16.3. The molecule has 0 spiro atoms. The summed E-state index contributed by atoms with van der Waals surface area (Å²) in [5.74, 6) is 0. The highest BCUT2D eigenvalue weighted by Gasteiger charge is 2.47. The number of aromatic nitrogens is 1. The Morgan fingerprint density at radius 3 is 1.93 bits per heavy atom. The molecule has 59 heavy (non-hydrogen) atoms. The van der Waals surface area contributed by atoms with Gasteiger partial charge in [0.2, 0.25) is 0 Å². The van der Waals surface area contributed by atoms with Crippen LogP contribution in [0, 0.1) is 6.92 Å². The fraction of sp³-hybridized carbons (Fsp3) is 0.170. The zero-order chi connectivity index (χ0) is 39.3. The molecule has 0 bridgehead atoms. The summed E-state index contributed by atoms with van der Waals surface area (Å²) in [5.41, 5.74) is 18.9. The van der Waals surface area contributed by atoms with E-state index in [0.717, 1.165) is 94.9 Å². The zero-order valence-electron chi connectivity index (χ0n) is 33.7. The molecule has 4 aromatic heterocycles. The fourth-order valence-electron chi connectivity index (χ4n) is 11.6. The molecule has 0 saturated heterocycles. The lowest BCUT2D eigenvalue weighted by Gasteiger charge is -2.44. The van der Waals surface area contributed by atoms with Crippen molar-refractivity contribution in [1.29, 1.82) is 0 Å². The molecule has 11 aromatic rings. The molecular weight excluding hydrogens is 723 g/mol. The summed E-state index contributed by atoms with van der Waals surface area (Å²) in [5, 5.41) is 7.93. The highest BCUT2D eigenvalue weighted by molar-refractivity contribution is 6.90. The van der Waals surface area contributed by atoms with E-state index in [1.165, 1.54) is 50.6 Å². The van der Waals surface area contributed by atoms with Crippen LogP contribution in [0.4, 0.5) is 17.1 Å². The smallest absolute Gasteiger partial charge is 0.336 e. The molecule has 0 unspecified atom stereocenters. The van der Waals surface area contributed by atoms with Crippen molar-refractivity contribution < 1.29 is 13.3 Å². The first-order valence-corrected chi connectivity index (χ1v) is 21.0. The van der Waals surface area contributed by atoms with E-state index in [4.69, 9.17) is 13.3 Å². The Kier molecular flexibility index (Phi) is 5.75. The van der Waals surface area contributed by atoms with Crippen LogP contribution in [0.15, 0.2) is 135 Å². The quantitative estimate of drug-likeness (QED) is 0.156. The van der Waals surface area contributed by atoms with E-state index in [2.05, 4.69) is 165 Å². The van der Waals surface area contributed by atoms with Crippen molar-refractivity contribution in [1.82, 2.24) is 4.48 Å². The van der Waals surface area contributed by atoms with Gasteiger partial charge in [-0.1, -0.05) is 119 Å². The minimum Gasteiger partial charge on any atom is -0.455 e. The van der Waals surface area contributed by atoms with Gasteiger partial charge in [-0.3, -0.25) is 0 Å². The maximum Gasteiger partial charge on any atom is 0.336 e. The fourth-order valence-corrected chi connectivity index (χ4v) is 11.6. The van der Waals surface area contributed by atoms with Gasteiger partial charge < -0.3 is 22.6 Å². The summed E-state index contributed by atoms with van der Waals surface area (Å²) in [6.07, 6.45) is 2.30. The van der Waals surface area contributed by atoms with Crippen LogP contribution in [-0.2, 0) is 10.8 Å². The molecule has 0 saturated carbocycles. The SMILES string of the molecule is Cc1cc2c(cc1N1c3cc4c(oc5ccccc54)c4c3B(c3ccc5c(oc6ccccc65)c31)n1c3oc5ccccc5c3c3cccc-4c31)C(C)(C)CCC2(C)C. The molecule has 14 rings (SSSR count). The van der Waals surface area contributed by atoms with E-state index in [9.17, 15) is 0 Å². The Hall–Kier alpha value is -6.66. The van der Waals surface area contributed by atoms with Crippen LogP contribution in [0.2, 0.25) is 0 Å². The summed E-state index contributed by atoms with van der Waals surface area (Å²) in [6.45, 7) is 11.8. The van der Waals surface area contributed by atoms with Crippen molar-refractivity contribution in [3.8, 4) is 11.1 Å². The second kappa shape index (κ2) is 10.5. The molecule has 2 aliphatic heterocycles. The molecule has 0 amide bonds. The predicted octanol–water partition coefficient (Wildman–Crippen LogP) is 13.4. The van der Waals surface area contributed by atoms with Gasteiger partial charge in [0.05, 0.1) is 11.1 Å². The zero-order valence-corrected chi connectivity index (χ0v) is 33.7. The molecule has 0 N–H and O–H groups in total. The molecule has 0 atom stereocenters. The number of nitrogens with zero attached hydrogens (tertiary/aromatic N) is 2. The lowest BCUT2D eigenvalue weighted by Crippen LogP contribution is -2.56. The van der Waals surface area contributed by atoms with E-state index in [1.54, 1.807) is 0 Å². The van der Waals surface area contributed by atoms with E-state index in [0.29, 0.717) is 0 Å². The molecule has 5 nitrogen and oxygen atoms in total. The average Bonchev–Trinajstić information content (AvgIpc) is 4.00. The van der Waals surface area contributed by atoms with Gasteiger partial charge in [0.1, 0.15) is 22.3 Å². The lowest BCUT2D eigenvalue weighted by molar-refractivity contribution is 0.332. The summed E-state index contributed by atoms with van der Waals surface area (Å²) in [6, 6.07) is 44.3. The van der Waals surface area contributed by atoms with Crippen LogP contribution in [0.25, 0.3) is 88.0 Å². The number of para-hydroxylation sites is 4. The largest absolute Gasteiger partial charge is 0.455 e. The van der Waals surface area contributed by atoms with Crippen LogP contribution >= 0.6 is 0 Å². The number of hydrogen-bond donors (Lipinski definition) is 0. The average molecular weight is 763 g/mol. The van der Waals surface area contributed by atoms with Gasteiger partial charge in [-0.15, -0.1) is 0 Å². The Morgan fingerprint density at radius 2 is 1.19 bits per heavy atom. The summed E-state index contributed by atoms with van der Waals surface area (Å²) in [4.78, 5) is 2.56. The first-order valence-electron chi connectivity index (χ1n) is 21.0. The number of fused-ring (bicyclic) bond motifs is 18. The van der Waals surface area contributed by atoms with Crippen LogP contribution < -0.4 is 15.8 Å². The van der Waals surface area contributed by atoms with Crippen molar-refractivity contribution in [2.45, 2.75) is 58.3 Å². The van der Waals surface area contributed by atoms with E-state index < -0.39 is 0 Å². The summed E-state index contributed by atoms with van der Waals surface area (Å²) in [7, 11) is 0. The molecule has 0 fully saturated rings. The van der Waals surface area contributed by atoms with Gasteiger partial charge in [-0.2, -0.15) is 0 Å². The first kappa shape index (κ1) is 32.3. The third kappa shape index (κ3) is 3.84. The highest BCUT2D eigenvalue weighted by atomic mass is 16.3. The van der Waals surface area contributed by atoms with Crippen molar-refractivity contribution >= 4 is 112 Å². The lowest BCUT2D eigenvalue weighted by atomic mass is 9.45. The number of benzene rings is 7. The van der Waals surface area contributed by atoms with Crippen molar-refractivity contribution in [3.05, 3.63) is 138 Å². The summed E-state index contributed by atoms with van der Waals surface area (Å²) >= 11 is 0. The molecule has 3 aliphatic rings. The highest BCUT2D eigenvalue weighted by Crippen LogP contribution is 2.54. The number of hydrogen-bond acceptors (Lipinski definition) is 4. The molecule has 6 heteroatoms. The van der Waals surface area contributed by atoms with Crippen molar-refractivity contribution in [3.63, 3.8) is 0 Å². The molecule has 0 radical (unpaired) electrons. The second-order valence-corrected chi connectivity index (χ2v) is 18.7. The Bertz CT molecular complexity index is 3720. The predicted molar refractivity (Wildman–Crippen MR) is 244 cm³/mol. The van der Waals surface area contributed by atoms with Crippen molar-refractivity contribution in [2.75, 3.05) is 4.90 Å². The van der Waals surface area contributed by atoms with Crippen LogP contribution in [0.5, 0.6) is 0 Å². The Balaban J connectivity index is 1.22. The third-order valence-corrected chi connectivity index (χ3v) is 14.6. The second-order valence-electron chi connectivity index (χ2n) is 18.7. The van der Waals surface area contributed by atoms with Crippen molar-refractivity contribution in [2.24, 2.45) is 0 Å². The van der Waals surface area contributed by atoms with Gasteiger partial charge in [0, 0.05) is 60.3 Å². The van der Waals surface area contributed by atoms with Crippen LogP contribution in [0.1, 0.15) is 57.2 Å². The molecular formula is C53H39BN2O3.